The fraction of sp³-hybridized carbons (Fsp3) is 0.467. The van der Waals surface area contributed by atoms with E-state index in [9.17, 15) is 5.11 Å². The van der Waals surface area contributed by atoms with E-state index in [1.54, 1.807) is 13.1 Å². The van der Waals surface area contributed by atoms with Crippen molar-refractivity contribution in [3.05, 3.63) is 24.3 Å². The van der Waals surface area contributed by atoms with Crippen molar-refractivity contribution < 1.29 is 5.11 Å². The van der Waals surface area contributed by atoms with E-state index in [-0.39, 0.29) is 0 Å². The molecule has 0 aliphatic rings. The Morgan fingerprint density at radius 2 is 2.20 bits per heavy atom. The van der Waals surface area contributed by atoms with E-state index >= 15 is 0 Å². The van der Waals surface area contributed by atoms with Gasteiger partial charge < -0.3 is 14.7 Å². The van der Waals surface area contributed by atoms with Crippen molar-refractivity contribution in [2.24, 2.45) is 0 Å². The van der Waals surface area contributed by atoms with Crippen molar-refractivity contribution >= 4 is 22.1 Å². The first-order valence-corrected chi connectivity index (χ1v) is 7.15. The van der Waals surface area contributed by atoms with Gasteiger partial charge in [-0.1, -0.05) is 13.3 Å². The molecule has 0 spiro atoms. The Balaban J connectivity index is 2.36. The smallest absolute Gasteiger partial charge is 0.139 e. The number of nitrogens with zero attached hydrogens (tertiary/aromatic N) is 3. The zero-order valence-electron chi connectivity index (χ0n) is 12.1. The molecule has 5 nitrogen and oxygen atoms in total. The number of imidazole rings is 1. The zero-order chi connectivity index (χ0) is 14.3. The van der Waals surface area contributed by atoms with E-state index in [0.717, 1.165) is 40.7 Å². The second-order valence-corrected chi connectivity index (χ2v) is 5.39. The number of rotatable bonds is 4. The minimum atomic E-state index is -0.587. The third-order valence-corrected chi connectivity index (χ3v) is 3.78. The summed E-state index contributed by atoms with van der Waals surface area (Å²) < 4.78 is 2.17. The average molecular weight is 272 g/mol. The van der Waals surface area contributed by atoms with Gasteiger partial charge in [0.2, 0.25) is 0 Å². The average Bonchev–Trinajstić information content (AvgIpc) is 3.02. The van der Waals surface area contributed by atoms with Crippen molar-refractivity contribution in [2.45, 2.75) is 45.8 Å². The summed E-state index contributed by atoms with van der Waals surface area (Å²) in [6, 6.07) is 2.32. The molecule has 0 aromatic carbocycles. The molecule has 0 aliphatic heterocycles. The molecule has 0 fully saturated rings. The van der Waals surface area contributed by atoms with Gasteiger partial charge in [0.05, 0.1) is 11.7 Å². The van der Waals surface area contributed by atoms with Gasteiger partial charge in [-0.3, -0.25) is 0 Å². The number of nitrogens with one attached hydrogen (secondary N) is 1. The van der Waals surface area contributed by atoms with Crippen molar-refractivity contribution in [3.63, 3.8) is 0 Å². The number of H-pyrrole nitrogens is 1. The molecule has 0 amide bonds. The Morgan fingerprint density at radius 1 is 1.40 bits per heavy atom. The summed E-state index contributed by atoms with van der Waals surface area (Å²) in [6.07, 6.45) is 5.23. The van der Waals surface area contributed by atoms with Crippen LogP contribution in [0.4, 0.5) is 0 Å². The van der Waals surface area contributed by atoms with Gasteiger partial charge in [-0.25, -0.2) is 9.97 Å². The summed E-state index contributed by atoms with van der Waals surface area (Å²) in [4.78, 5) is 12.1. The lowest BCUT2D eigenvalue weighted by molar-refractivity contribution is 0.181. The maximum atomic E-state index is 10.0. The maximum absolute atomic E-state index is 10.0. The van der Waals surface area contributed by atoms with Gasteiger partial charge in [-0.15, -0.1) is 0 Å². The van der Waals surface area contributed by atoms with Crippen LogP contribution in [0.15, 0.2) is 18.5 Å². The van der Waals surface area contributed by atoms with Gasteiger partial charge in [-0.2, -0.15) is 0 Å². The SMILES string of the molecule is CCCC(C)n1c(C(C)O)nc2cnc3[nH]ccc3c21. The molecule has 2 atom stereocenters. The fourth-order valence-electron chi connectivity index (χ4n) is 2.90. The topological polar surface area (TPSA) is 66.7 Å². The van der Waals surface area contributed by atoms with Crippen LogP contribution < -0.4 is 0 Å². The van der Waals surface area contributed by atoms with E-state index in [1.165, 1.54) is 0 Å². The molecule has 2 unspecified atom stereocenters. The van der Waals surface area contributed by atoms with Gasteiger partial charge >= 0.3 is 0 Å². The predicted molar refractivity (Wildman–Crippen MR) is 79.6 cm³/mol. The van der Waals surface area contributed by atoms with E-state index in [2.05, 4.69) is 33.4 Å². The lowest BCUT2D eigenvalue weighted by Crippen LogP contribution is -2.11. The highest BCUT2D eigenvalue weighted by atomic mass is 16.3. The number of hydrogen-bond donors (Lipinski definition) is 2. The Hall–Kier alpha value is -1.88. The molecule has 0 aliphatic carbocycles. The van der Waals surface area contributed by atoms with Gasteiger partial charge in [-0.05, 0) is 26.3 Å². The molecule has 20 heavy (non-hydrogen) atoms. The Labute approximate surface area is 117 Å². The van der Waals surface area contributed by atoms with E-state index < -0.39 is 6.10 Å². The van der Waals surface area contributed by atoms with Crippen LogP contribution in [0.3, 0.4) is 0 Å². The Bertz CT molecular complexity index is 741. The molecule has 5 heteroatoms. The highest BCUT2D eigenvalue weighted by Crippen LogP contribution is 2.31. The lowest BCUT2D eigenvalue weighted by Gasteiger charge is -2.18. The summed E-state index contributed by atoms with van der Waals surface area (Å²) in [5.74, 6) is 0.719. The third kappa shape index (κ3) is 1.89. The minimum absolute atomic E-state index is 0.301. The molecular formula is C15H20N4O. The number of aromatic nitrogens is 4. The van der Waals surface area contributed by atoms with Crippen LogP contribution in [0.5, 0.6) is 0 Å². The summed E-state index contributed by atoms with van der Waals surface area (Å²) in [6.45, 7) is 6.11. The van der Waals surface area contributed by atoms with Gasteiger partial charge in [0.1, 0.15) is 23.1 Å². The fourth-order valence-corrected chi connectivity index (χ4v) is 2.90. The number of aliphatic hydroxyl groups excluding tert-OH is 1. The van der Waals surface area contributed by atoms with Crippen LogP contribution in [0.25, 0.3) is 22.1 Å². The van der Waals surface area contributed by atoms with Gasteiger partial charge in [0, 0.05) is 17.6 Å². The molecule has 3 heterocycles. The van der Waals surface area contributed by atoms with Crippen molar-refractivity contribution in [3.8, 4) is 0 Å². The predicted octanol–water partition coefficient (Wildman–Crippen LogP) is 3.33. The van der Waals surface area contributed by atoms with Crippen molar-refractivity contribution in [1.82, 2.24) is 19.5 Å². The van der Waals surface area contributed by atoms with E-state index in [1.807, 2.05) is 12.3 Å². The first-order chi connectivity index (χ1) is 9.63. The van der Waals surface area contributed by atoms with Crippen LogP contribution in [-0.2, 0) is 0 Å². The number of fused-ring (bicyclic) bond motifs is 3. The molecule has 0 radical (unpaired) electrons. The highest BCUT2D eigenvalue weighted by molar-refractivity contribution is 6.01. The first kappa shape index (κ1) is 13.1. The van der Waals surface area contributed by atoms with E-state index in [4.69, 9.17) is 0 Å². The molecule has 106 valence electrons. The molecule has 3 rings (SSSR count). The number of pyridine rings is 1. The van der Waals surface area contributed by atoms with Crippen molar-refractivity contribution in [1.29, 1.82) is 0 Å². The standard InChI is InChI=1S/C15H20N4O/c1-4-5-9(2)19-13-11-6-7-16-14(11)17-8-12(13)18-15(19)10(3)20/h6-10,20H,4-5H2,1-3H3,(H,16,17). The second kappa shape index (κ2) is 4.90. The summed E-state index contributed by atoms with van der Waals surface area (Å²) >= 11 is 0. The molecule has 3 aromatic heterocycles. The maximum Gasteiger partial charge on any atom is 0.139 e. The molecular weight excluding hydrogens is 252 g/mol. The van der Waals surface area contributed by atoms with Gasteiger partial charge in [0.25, 0.3) is 0 Å². The molecule has 3 aromatic rings. The van der Waals surface area contributed by atoms with Crippen LogP contribution >= 0.6 is 0 Å². The van der Waals surface area contributed by atoms with Gasteiger partial charge in [0.15, 0.2) is 0 Å². The summed E-state index contributed by atoms with van der Waals surface area (Å²) in [5.41, 5.74) is 2.77. The van der Waals surface area contributed by atoms with Crippen LogP contribution in [0.2, 0.25) is 0 Å². The minimum Gasteiger partial charge on any atom is -0.385 e. The van der Waals surface area contributed by atoms with Crippen molar-refractivity contribution in [2.75, 3.05) is 0 Å². The zero-order valence-corrected chi connectivity index (χ0v) is 12.1. The number of aliphatic hydroxyl groups is 1. The van der Waals surface area contributed by atoms with Crippen LogP contribution in [-0.4, -0.2) is 24.6 Å². The summed E-state index contributed by atoms with van der Waals surface area (Å²) in [7, 11) is 0. The van der Waals surface area contributed by atoms with E-state index in [0.29, 0.717) is 6.04 Å². The third-order valence-electron chi connectivity index (χ3n) is 3.78. The summed E-state index contributed by atoms with van der Waals surface area (Å²) in [5, 5.41) is 11.1. The number of aromatic amines is 1. The molecule has 0 saturated heterocycles. The quantitative estimate of drug-likeness (QED) is 0.765. The lowest BCUT2D eigenvalue weighted by atomic mass is 10.1. The second-order valence-electron chi connectivity index (χ2n) is 5.39. The Morgan fingerprint density at radius 3 is 2.90 bits per heavy atom. The highest BCUT2D eigenvalue weighted by Gasteiger charge is 2.20. The van der Waals surface area contributed by atoms with Crippen LogP contribution in [0, 0.1) is 0 Å². The Kier molecular flexibility index (Phi) is 3.22. The molecule has 0 bridgehead atoms. The largest absolute Gasteiger partial charge is 0.385 e. The van der Waals surface area contributed by atoms with Crippen LogP contribution in [0.1, 0.15) is 51.6 Å². The normalized spacial score (nSPS) is 15.0. The first-order valence-electron chi connectivity index (χ1n) is 7.15. The molecule has 2 N–H and O–H groups in total. The molecule has 0 saturated carbocycles. The number of hydrogen-bond acceptors (Lipinski definition) is 3. The monoisotopic (exact) mass is 272 g/mol.